The minimum absolute atomic E-state index is 0.181. The van der Waals surface area contributed by atoms with Crippen LogP contribution in [0.2, 0.25) is 0 Å². The highest BCUT2D eigenvalue weighted by molar-refractivity contribution is 5.11. The first-order valence-corrected chi connectivity index (χ1v) is 7.33. The van der Waals surface area contributed by atoms with Gasteiger partial charge in [-0.15, -0.1) is 0 Å². The molecule has 0 aromatic carbocycles. The molecule has 0 radical (unpaired) electrons. The zero-order valence-corrected chi connectivity index (χ0v) is 13.0. The topological polar surface area (TPSA) is 33.1 Å². The van der Waals surface area contributed by atoms with Gasteiger partial charge in [0, 0.05) is 25.0 Å². The summed E-state index contributed by atoms with van der Waals surface area (Å²) in [6.07, 6.45) is 9.02. The fourth-order valence-electron chi connectivity index (χ4n) is 3.55. The van der Waals surface area contributed by atoms with Gasteiger partial charge in [0.1, 0.15) is 5.82 Å². The Morgan fingerprint density at radius 2 is 2.05 bits per heavy atom. The summed E-state index contributed by atoms with van der Waals surface area (Å²) in [7, 11) is 8.57. The lowest BCUT2D eigenvalue weighted by Crippen LogP contribution is -2.55. The molecular weight excluding hydrogens is 236 g/mol. The summed E-state index contributed by atoms with van der Waals surface area (Å²) in [5.74, 6) is 2.00. The van der Waals surface area contributed by atoms with Crippen molar-refractivity contribution in [3.05, 3.63) is 18.2 Å². The second-order valence-corrected chi connectivity index (χ2v) is 6.30. The van der Waals surface area contributed by atoms with Gasteiger partial charge in [-0.25, -0.2) is 4.98 Å². The number of likely N-dealkylation sites (N-methyl/N-ethyl adjacent to an activating group) is 2. The maximum Gasteiger partial charge on any atom is 0.127 e. The van der Waals surface area contributed by atoms with Gasteiger partial charge in [-0.1, -0.05) is 6.92 Å². The molecule has 0 spiro atoms. The smallest absolute Gasteiger partial charge is 0.127 e. The van der Waals surface area contributed by atoms with Crippen LogP contribution in [0.3, 0.4) is 0 Å². The molecule has 1 fully saturated rings. The molecule has 1 aliphatic rings. The van der Waals surface area contributed by atoms with Crippen molar-refractivity contribution >= 4 is 0 Å². The van der Waals surface area contributed by atoms with Gasteiger partial charge >= 0.3 is 0 Å². The van der Waals surface area contributed by atoms with E-state index in [0.29, 0.717) is 0 Å². The van der Waals surface area contributed by atoms with E-state index in [1.54, 1.807) is 0 Å². The molecule has 0 saturated heterocycles. The third kappa shape index (κ3) is 2.56. The number of hydrogen-bond donors (Lipinski definition) is 1. The highest BCUT2D eigenvalue weighted by Gasteiger charge is 2.44. The van der Waals surface area contributed by atoms with Gasteiger partial charge in [-0.3, -0.25) is 0 Å². The highest BCUT2D eigenvalue weighted by atomic mass is 15.2. The third-order valence-corrected chi connectivity index (χ3v) is 4.97. The molecule has 1 unspecified atom stereocenters. The molecule has 2 rings (SSSR count). The Morgan fingerprint density at radius 3 is 2.47 bits per heavy atom. The average molecular weight is 264 g/mol. The van der Waals surface area contributed by atoms with E-state index in [9.17, 15) is 0 Å². The number of nitrogens with zero attached hydrogens (tertiary/aromatic N) is 3. The Bertz CT molecular complexity index is 402. The molecule has 19 heavy (non-hydrogen) atoms. The SMILES string of the molecule is CNC(c1nccn1C)C1(N(C)C)CCC(C)CC1. The largest absolute Gasteiger partial charge is 0.337 e. The Morgan fingerprint density at radius 1 is 1.42 bits per heavy atom. The maximum atomic E-state index is 4.58. The molecule has 0 bridgehead atoms. The van der Waals surface area contributed by atoms with E-state index in [1.165, 1.54) is 25.7 Å². The number of hydrogen-bond acceptors (Lipinski definition) is 3. The quantitative estimate of drug-likeness (QED) is 0.905. The monoisotopic (exact) mass is 264 g/mol. The van der Waals surface area contributed by atoms with Crippen molar-refractivity contribution in [3.8, 4) is 0 Å². The van der Waals surface area contributed by atoms with E-state index in [2.05, 4.69) is 54.9 Å². The first-order chi connectivity index (χ1) is 9.01. The van der Waals surface area contributed by atoms with Crippen molar-refractivity contribution in [3.63, 3.8) is 0 Å². The van der Waals surface area contributed by atoms with Crippen molar-refractivity contribution in [2.45, 2.75) is 44.2 Å². The molecule has 1 aliphatic carbocycles. The summed E-state index contributed by atoms with van der Waals surface area (Å²) < 4.78 is 2.14. The van der Waals surface area contributed by atoms with Crippen LogP contribution in [-0.4, -0.2) is 41.1 Å². The van der Waals surface area contributed by atoms with Crippen LogP contribution in [0.1, 0.15) is 44.5 Å². The lowest BCUT2D eigenvalue weighted by Gasteiger charge is -2.49. The summed E-state index contributed by atoms with van der Waals surface area (Å²) in [6, 6.07) is 0.287. The molecule has 1 saturated carbocycles. The zero-order valence-electron chi connectivity index (χ0n) is 13.0. The Balaban J connectivity index is 2.34. The molecule has 1 aromatic heterocycles. The molecule has 4 heteroatoms. The molecule has 0 amide bonds. The lowest BCUT2D eigenvalue weighted by molar-refractivity contribution is 0.0416. The summed E-state index contributed by atoms with van der Waals surface area (Å²) in [6.45, 7) is 2.37. The number of aromatic nitrogens is 2. The van der Waals surface area contributed by atoms with Crippen molar-refractivity contribution in [1.29, 1.82) is 0 Å². The predicted octanol–water partition coefficient (Wildman–Crippen LogP) is 2.19. The van der Waals surface area contributed by atoms with E-state index in [-0.39, 0.29) is 11.6 Å². The van der Waals surface area contributed by atoms with Crippen LogP contribution in [0.4, 0.5) is 0 Å². The van der Waals surface area contributed by atoms with E-state index in [4.69, 9.17) is 0 Å². The summed E-state index contributed by atoms with van der Waals surface area (Å²) in [5, 5.41) is 3.53. The van der Waals surface area contributed by atoms with Crippen LogP contribution in [-0.2, 0) is 7.05 Å². The van der Waals surface area contributed by atoms with Gasteiger partial charge in [0.05, 0.1) is 6.04 Å². The van der Waals surface area contributed by atoms with Crippen molar-refractivity contribution in [1.82, 2.24) is 19.8 Å². The Labute approximate surface area is 117 Å². The molecular formula is C15H28N4. The van der Waals surface area contributed by atoms with Gasteiger partial charge in [-0.05, 0) is 52.7 Å². The normalized spacial score (nSPS) is 29.7. The lowest BCUT2D eigenvalue weighted by atomic mass is 9.71. The number of imidazole rings is 1. The molecule has 1 N–H and O–H groups in total. The molecule has 4 nitrogen and oxygen atoms in total. The summed E-state index contributed by atoms with van der Waals surface area (Å²) in [5.41, 5.74) is 0.181. The van der Waals surface area contributed by atoms with E-state index >= 15 is 0 Å². The van der Waals surface area contributed by atoms with Crippen molar-refractivity contribution in [2.75, 3.05) is 21.1 Å². The average Bonchev–Trinajstić information content (AvgIpc) is 2.79. The number of nitrogens with one attached hydrogen (secondary N) is 1. The minimum Gasteiger partial charge on any atom is -0.337 e. The first-order valence-electron chi connectivity index (χ1n) is 7.33. The predicted molar refractivity (Wildman–Crippen MR) is 79.1 cm³/mol. The van der Waals surface area contributed by atoms with Gasteiger partial charge < -0.3 is 14.8 Å². The zero-order chi connectivity index (χ0) is 14.0. The molecule has 108 valence electrons. The Kier molecular flexibility index (Phi) is 4.31. The molecule has 1 aromatic rings. The van der Waals surface area contributed by atoms with Crippen LogP contribution in [0, 0.1) is 5.92 Å². The second-order valence-electron chi connectivity index (χ2n) is 6.30. The summed E-state index contributed by atoms with van der Waals surface area (Å²) in [4.78, 5) is 6.99. The Hall–Kier alpha value is -0.870. The molecule has 1 heterocycles. The van der Waals surface area contributed by atoms with Crippen LogP contribution in [0.15, 0.2) is 12.4 Å². The fourth-order valence-corrected chi connectivity index (χ4v) is 3.55. The van der Waals surface area contributed by atoms with Gasteiger partial charge in [-0.2, -0.15) is 0 Å². The maximum absolute atomic E-state index is 4.58. The van der Waals surface area contributed by atoms with Crippen LogP contribution in [0.5, 0.6) is 0 Å². The number of aryl methyl sites for hydroxylation is 1. The standard InChI is InChI=1S/C15H28N4/c1-12-6-8-15(9-7-12,18(3)4)13(16-2)14-17-10-11-19(14)5/h10-13,16H,6-9H2,1-5H3. The van der Waals surface area contributed by atoms with Crippen LogP contribution < -0.4 is 5.32 Å². The third-order valence-electron chi connectivity index (χ3n) is 4.97. The van der Waals surface area contributed by atoms with Gasteiger partial charge in [0.2, 0.25) is 0 Å². The van der Waals surface area contributed by atoms with Crippen molar-refractivity contribution < 1.29 is 0 Å². The fraction of sp³-hybridized carbons (Fsp3) is 0.800. The van der Waals surface area contributed by atoms with Crippen molar-refractivity contribution in [2.24, 2.45) is 13.0 Å². The van der Waals surface area contributed by atoms with Gasteiger partial charge in [0.15, 0.2) is 0 Å². The number of rotatable bonds is 4. The van der Waals surface area contributed by atoms with E-state index < -0.39 is 0 Å². The molecule has 1 atom stereocenters. The van der Waals surface area contributed by atoms with E-state index in [0.717, 1.165) is 11.7 Å². The highest BCUT2D eigenvalue weighted by Crippen LogP contribution is 2.42. The second kappa shape index (κ2) is 5.63. The summed E-state index contributed by atoms with van der Waals surface area (Å²) >= 11 is 0. The first kappa shape index (κ1) is 14.5. The van der Waals surface area contributed by atoms with E-state index in [1.807, 2.05) is 12.4 Å². The van der Waals surface area contributed by atoms with Gasteiger partial charge in [0.25, 0.3) is 0 Å². The van der Waals surface area contributed by atoms with Crippen LogP contribution in [0.25, 0.3) is 0 Å². The minimum atomic E-state index is 0.181. The molecule has 0 aliphatic heterocycles. The van der Waals surface area contributed by atoms with Crippen LogP contribution >= 0.6 is 0 Å².